The number of aromatic carboxylic acids is 1. The summed E-state index contributed by atoms with van der Waals surface area (Å²) < 4.78 is 28.0. The SMILES string of the molecule is Cc1nn(C)cc1CNS(=O)(=O)c1[nH]ncc1C(=O)O. The molecule has 0 aliphatic carbocycles. The Balaban J connectivity index is 2.22. The van der Waals surface area contributed by atoms with Crippen LogP contribution in [0.3, 0.4) is 0 Å². The predicted octanol–water partition coefficient (Wildman–Crippen LogP) is -0.372. The monoisotopic (exact) mass is 299 g/mol. The van der Waals surface area contributed by atoms with Gasteiger partial charge in [0.05, 0.1) is 11.9 Å². The van der Waals surface area contributed by atoms with Gasteiger partial charge in [-0.3, -0.25) is 9.78 Å². The van der Waals surface area contributed by atoms with Crippen LogP contribution in [0, 0.1) is 6.92 Å². The van der Waals surface area contributed by atoms with E-state index in [9.17, 15) is 13.2 Å². The molecule has 0 atom stereocenters. The zero-order valence-electron chi connectivity index (χ0n) is 10.8. The highest BCUT2D eigenvalue weighted by Crippen LogP contribution is 2.13. The molecule has 108 valence electrons. The third kappa shape index (κ3) is 2.70. The molecule has 0 spiro atoms. The number of nitrogens with one attached hydrogen (secondary N) is 2. The van der Waals surface area contributed by atoms with Crippen molar-refractivity contribution in [2.75, 3.05) is 0 Å². The van der Waals surface area contributed by atoms with Crippen LogP contribution in [0.1, 0.15) is 21.6 Å². The van der Waals surface area contributed by atoms with Crippen molar-refractivity contribution >= 4 is 16.0 Å². The third-order valence-corrected chi connectivity index (χ3v) is 4.04. The topological polar surface area (TPSA) is 130 Å². The molecule has 0 aromatic carbocycles. The van der Waals surface area contributed by atoms with Gasteiger partial charge in [0.25, 0.3) is 10.0 Å². The normalized spacial score (nSPS) is 11.7. The maximum absolute atomic E-state index is 12.0. The fourth-order valence-corrected chi connectivity index (χ4v) is 2.79. The number of H-pyrrole nitrogens is 1. The van der Waals surface area contributed by atoms with Crippen molar-refractivity contribution in [2.24, 2.45) is 7.05 Å². The van der Waals surface area contributed by atoms with Crippen molar-refractivity contribution in [3.05, 3.63) is 29.2 Å². The van der Waals surface area contributed by atoms with E-state index < -0.39 is 26.6 Å². The Morgan fingerprint density at radius 2 is 2.25 bits per heavy atom. The number of hydrogen-bond donors (Lipinski definition) is 3. The molecule has 2 rings (SSSR count). The van der Waals surface area contributed by atoms with Crippen molar-refractivity contribution in [1.29, 1.82) is 0 Å². The molecule has 0 saturated heterocycles. The summed E-state index contributed by atoms with van der Waals surface area (Å²) in [6, 6.07) is 0. The minimum absolute atomic E-state index is 0.0140. The molecular weight excluding hydrogens is 286 g/mol. The summed E-state index contributed by atoms with van der Waals surface area (Å²) in [6.45, 7) is 1.77. The number of nitrogens with zero attached hydrogens (tertiary/aromatic N) is 3. The Bertz CT molecular complexity index is 746. The van der Waals surface area contributed by atoms with Gasteiger partial charge < -0.3 is 5.11 Å². The number of aryl methyl sites for hydroxylation is 2. The van der Waals surface area contributed by atoms with Crippen molar-refractivity contribution in [1.82, 2.24) is 24.7 Å². The van der Waals surface area contributed by atoms with E-state index >= 15 is 0 Å². The second-order valence-electron chi connectivity index (χ2n) is 4.16. The molecule has 0 bridgehead atoms. The molecule has 2 aromatic rings. The molecule has 0 fully saturated rings. The molecule has 0 amide bonds. The van der Waals surface area contributed by atoms with Gasteiger partial charge in [-0.15, -0.1) is 0 Å². The molecule has 0 saturated carbocycles. The van der Waals surface area contributed by atoms with Crippen LogP contribution in [-0.2, 0) is 23.6 Å². The van der Waals surface area contributed by atoms with Gasteiger partial charge in [0.15, 0.2) is 5.03 Å². The van der Waals surface area contributed by atoms with E-state index in [1.165, 1.54) is 0 Å². The van der Waals surface area contributed by atoms with E-state index in [0.717, 1.165) is 6.20 Å². The number of carboxylic acids is 1. The number of aromatic amines is 1. The molecule has 0 unspecified atom stereocenters. The average molecular weight is 299 g/mol. The highest BCUT2D eigenvalue weighted by atomic mass is 32.2. The molecule has 3 N–H and O–H groups in total. The largest absolute Gasteiger partial charge is 0.478 e. The molecule has 20 heavy (non-hydrogen) atoms. The van der Waals surface area contributed by atoms with E-state index in [1.54, 1.807) is 24.9 Å². The van der Waals surface area contributed by atoms with Crippen LogP contribution in [0.4, 0.5) is 0 Å². The first kappa shape index (κ1) is 14.2. The summed E-state index contributed by atoms with van der Waals surface area (Å²) in [4.78, 5) is 10.9. The number of sulfonamides is 1. The molecule has 9 nitrogen and oxygen atoms in total. The van der Waals surface area contributed by atoms with Gasteiger partial charge in [-0.1, -0.05) is 0 Å². The molecule has 10 heteroatoms. The average Bonchev–Trinajstić information content (AvgIpc) is 2.93. The Hall–Kier alpha value is -2.20. The van der Waals surface area contributed by atoms with Crippen LogP contribution >= 0.6 is 0 Å². The Morgan fingerprint density at radius 1 is 1.55 bits per heavy atom. The quantitative estimate of drug-likeness (QED) is 0.690. The molecule has 0 aliphatic rings. The summed E-state index contributed by atoms with van der Waals surface area (Å²) in [5.74, 6) is -1.36. The van der Waals surface area contributed by atoms with E-state index in [1.807, 2.05) is 0 Å². The van der Waals surface area contributed by atoms with Gasteiger partial charge in [0.1, 0.15) is 5.56 Å². The smallest absolute Gasteiger partial charge is 0.340 e. The minimum Gasteiger partial charge on any atom is -0.478 e. The lowest BCUT2D eigenvalue weighted by Gasteiger charge is -2.04. The van der Waals surface area contributed by atoms with E-state index in [4.69, 9.17) is 5.11 Å². The molecule has 0 radical (unpaired) electrons. The van der Waals surface area contributed by atoms with Crippen LogP contribution in [0.15, 0.2) is 17.4 Å². The van der Waals surface area contributed by atoms with Crippen molar-refractivity contribution in [3.63, 3.8) is 0 Å². The zero-order chi connectivity index (χ0) is 14.9. The first-order valence-corrected chi connectivity index (χ1v) is 7.05. The number of hydrogen-bond acceptors (Lipinski definition) is 5. The fraction of sp³-hybridized carbons (Fsp3) is 0.300. The van der Waals surface area contributed by atoms with Crippen LogP contribution < -0.4 is 4.72 Å². The van der Waals surface area contributed by atoms with Gasteiger partial charge in [-0.05, 0) is 6.92 Å². The van der Waals surface area contributed by atoms with Crippen molar-refractivity contribution < 1.29 is 18.3 Å². The van der Waals surface area contributed by atoms with Crippen molar-refractivity contribution in [3.8, 4) is 0 Å². The van der Waals surface area contributed by atoms with Gasteiger partial charge in [0, 0.05) is 25.4 Å². The summed E-state index contributed by atoms with van der Waals surface area (Å²) in [5, 5.41) is 18.1. The maximum Gasteiger partial charge on any atom is 0.340 e. The Labute approximate surface area is 114 Å². The molecule has 2 aromatic heterocycles. The van der Waals surface area contributed by atoms with Crippen LogP contribution in [0.2, 0.25) is 0 Å². The third-order valence-electron chi connectivity index (χ3n) is 2.67. The van der Waals surface area contributed by atoms with Gasteiger partial charge >= 0.3 is 5.97 Å². The summed E-state index contributed by atoms with van der Waals surface area (Å²) in [6.07, 6.45) is 2.63. The predicted molar refractivity (Wildman–Crippen MR) is 67.5 cm³/mol. The maximum atomic E-state index is 12.0. The number of carboxylic acid groups (broad SMARTS) is 1. The summed E-state index contributed by atoms with van der Waals surface area (Å²) in [5.41, 5.74) is 0.992. The number of rotatable bonds is 5. The minimum atomic E-state index is -3.98. The Kier molecular flexibility index (Phi) is 3.59. The second kappa shape index (κ2) is 5.06. The number of aromatic nitrogens is 4. The van der Waals surface area contributed by atoms with E-state index in [-0.39, 0.29) is 6.54 Å². The summed E-state index contributed by atoms with van der Waals surface area (Å²) >= 11 is 0. The van der Waals surface area contributed by atoms with Crippen LogP contribution in [0.25, 0.3) is 0 Å². The van der Waals surface area contributed by atoms with Crippen molar-refractivity contribution in [2.45, 2.75) is 18.5 Å². The lowest BCUT2D eigenvalue weighted by molar-refractivity contribution is 0.0692. The van der Waals surface area contributed by atoms with Gasteiger partial charge in [-0.2, -0.15) is 10.2 Å². The summed E-state index contributed by atoms with van der Waals surface area (Å²) in [7, 11) is -2.26. The van der Waals surface area contributed by atoms with Gasteiger partial charge in [-0.25, -0.2) is 17.9 Å². The first-order valence-electron chi connectivity index (χ1n) is 5.56. The Morgan fingerprint density at radius 3 is 2.80 bits per heavy atom. The van der Waals surface area contributed by atoms with Crippen LogP contribution in [0.5, 0.6) is 0 Å². The van der Waals surface area contributed by atoms with E-state index in [0.29, 0.717) is 11.3 Å². The number of carbonyl (C=O) groups is 1. The first-order chi connectivity index (χ1) is 9.31. The highest BCUT2D eigenvalue weighted by Gasteiger charge is 2.24. The standard InChI is InChI=1S/C10H13N5O4S/c1-6-7(5-15(2)14-6)3-12-20(18,19)9-8(10(16)17)4-11-13-9/h4-5,12H,3H2,1-2H3,(H,11,13)(H,16,17). The zero-order valence-corrected chi connectivity index (χ0v) is 11.6. The molecular formula is C10H13N5O4S. The lowest BCUT2D eigenvalue weighted by Crippen LogP contribution is -2.25. The second-order valence-corrected chi connectivity index (χ2v) is 5.86. The van der Waals surface area contributed by atoms with Crippen LogP contribution in [-0.4, -0.2) is 39.5 Å². The highest BCUT2D eigenvalue weighted by molar-refractivity contribution is 7.89. The molecule has 0 aliphatic heterocycles. The van der Waals surface area contributed by atoms with E-state index in [2.05, 4.69) is 20.0 Å². The van der Waals surface area contributed by atoms with Gasteiger partial charge in [0.2, 0.25) is 0 Å². The molecule has 2 heterocycles. The lowest BCUT2D eigenvalue weighted by atomic mass is 10.3. The fourth-order valence-electron chi connectivity index (χ4n) is 1.70.